The number of rotatable bonds is 4. The van der Waals surface area contributed by atoms with Crippen LogP contribution in [0.3, 0.4) is 0 Å². The number of fused-ring (bicyclic) bond motifs is 1. The summed E-state index contributed by atoms with van der Waals surface area (Å²) in [6.45, 7) is 2.41. The fourth-order valence-electron chi connectivity index (χ4n) is 4.45. The van der Waals surface area contributed by atoms with Gasteiger partial charge in [0.2, 0.25) is 11.8 Å². The van der Waals surface area contributed by atoms with E-state index in [1.54, 1.807) is 4.90 Å². The van der Waals surface area contributed by atoms with Crippen molar-refractivity contribution in [1.29, 1.82) is 0 Å². The zero-order valence-corrected chi connectivity index (χ0v) is 19.1. The summed E-state index contributed by atoms with van der Waals surface area (Å²) in [7, 11) is 0. The van der Waals surface area contributed by atoms with E-state index in [9.17, 15) is 18.0 Å². The molecule has 0 saturated carbocycles. The zero-order valence-electron chi connectivity index (χ0n) is 19.1. The Bertz CT molecular complexity index is 1190. The second-order valence-corrected chi connectivity index (χ2v) is 8.77. The fourth-order valence-corrected chi connectivity index (χ4v) is 4.45. The van der Waals surface area contributed by atoms with Crippen molar-refractivity contribution in [1.82, 2.24) is 14.9 Å². The predicted octanol–water partition coefficient (Wildman–Crippen LogP) is 5.48. The Labute approximate surface area is 201 Å². The van der Waals surface area contributed by atoms with Crippen molar-refractivity contribution in [3.05, 3.63) is 77.0 Å². The molecule has 0 N–H and O–H groups in total. The number of benzene rings is 2. The number of anilines is 1. The highest BCUT2D eigenvalue weighted by molar-refractivity contribution is 5.94. The van der Waals surface area contributed by atoms with Gasteiger partial charge in [-0.05, 0) is 55.7 Å². The maximum atomic E-state index is 13.1. The van der Waals surface area contributed by atoms with E-state index in [0.717, 1.165) is 49.3 Å². The Morgan fingerprint density at radius 3 is 2.29 bits per heavy atom. The monoisotopic (exact) mass is 482 g/mol. The number of ether oxygens (including phenoxy) is 1. The standard InChI is InChI=1S/C26H25F3N4O2/c27-26(28,29)19-11-9-18(10-12-19)24(34)33-16-13-22-21(17-33)23(35-20-7-3-1-4-8-20)31-25(30-22)32-14-5-2-6-15-32/h1,3-4,7-12H,2,5-6,13-17H2. The first-order valence-corrected chi connectivity index (χ1v) is 11.7. The van der Waals surface area contributed by atoms with Crippen LogP contribution in [0.25, 0.3) is 0 Å². The summed E-state index contributed by atoms with van der Waals surface area (Å²) >= 11 is 0. The normalized spacial score (nSPS) is 16.1. The van der Waals surface area contributed by atoms with Gasteiger partial charge in [-0.25, -0.2) is 4.98 Å². The van der Waals surface area contributed by atoms with Gasteiger partial charge in [-0.1, -0.05) is 18.2 Å². The van der Waals surface area contributed by atoms with Crippen molar-refractivity contribution in [2.45, 2.75) is 38.4 Å². The largest absolute Gasteiger partial charge is 0.438 e. The van der Waals surface area contributed by atoms with Crippen LogP contribution in [0.1, 0.15) is 46.4 Å². The van der Waals surface area contributed by atoms with Crippen LogP contribution in [0.5, 0.6) is 11.6 Å². The Balaban J connectivity index is 1.43. The Hall–Kier alpha value is -3.62. The summed E-state index contributed by atoms with van der Waals surface area (Å²) < 4.78 is 44.9. The predicted molar refractivity (Wildman–Crippen MR) is 125 cm³/mol. The number of hydrogen-bond acceptors (Lipinski definition) is 5. The number of hydrogen-bond donors (Lipinski definition) is 0. The van der Waals surface area contributed by atoms with Crippen LogP contribution < -0.4 is 9.64 Å². The lowest BCUT2D eigenvalue weighted by Gasteiger charge is -2.32. The summed E-state index contributed by atoms with van der Waals surface area (Å²) in [5.74, 6) is 1.34. The molecule has 3 aromatic rings. The highest BCUT2D eigenvalue weighted by atomic mass is 19.4. The quantitative estimate of drug-likeness (QED) is 0.493. The molecule has 2 aliphatic heterocycles. The lowest BCUT2D eigenvalue weighted by Crippen LogP contribution is -2.37. The molecule has 0 bridgehead atoms. The van der Waals surface area contributed by atoms with E-state index in [0.29, 0.717) is 30.5 Å². The van der Waals surface area contributed by atoms with Crippen LogP contribution in [-0.2, 0) is 19.1 Å². The van der Waals surface area contributed by atoms with Crippen LogP contribution in [0.4, 0.5) is 19.1 Å². The topological polar surface area (TPSA) is 58.6 Å². The van der Waals surface area contributed by atoms with E-state index >= 15 is 0 Å². The van der Waals surface area contributed by atoms with E-state index in [-0.39, 0.29) is 18.0 Å². The highest BCUT2D eigenvalue weighted by Crippen LogP contribution is 2.33. The molecule has 0 radical (unpaired) electrons. The minimum atomic E-state index is -4.45. The van der Waals surface area contributed by atoms with Gasteiger partial charge in [0, 0.05) is 31.6 Å². The molecule has 3 heterocycles. The first-order chi connectivity index (χ1) is 16.9. The van der Waals surface area contributed by atoms with E-state index in [1.165, 1.54) is 18.6 Å². The van der Waals surface area contributed by atoms with Crippen molar-refractivity contribution in [3.63, 3.8) is 0 Å². The molecule has 2 aliphatic rings. The first-order valence-electron chi connectivity index (χ1n) is 11.7. The minimum Gasteiger partial charge on any atom is -0.438 e. The third kappa shape index (κ3) is 5.08. The van der Waals surface area contributed by atoms with Gasteiger partial charge in [0.25, 0.3) is 5.91 Å². The van der Waals surface area contributed by atoms with Gasteiger partial charge in [0.1, 0.15) is 5.75 Å². The number of para-hydroxylation sites is 1. The van der Waals surface area contributed by atoms with Crippen LogP contribution in [0.15, 0.2) is 54.6 Å². The molecule has 1 saturated heterocycles. The van der Waals surface area contributed by atoms with Gasteiger partial charge in [-0.2, -0.15) is 18.2 Å². The van der Waals surface area contributed by atoms with Crippen LogP contribution in [0.2, 0.25) is 0 Å². The van der Waals surface area contributed by atoms with Crippen molar-refractivity contribution in [2.24, 2.45) is 0 Å². The number of carbonyl (C=O) groups excluding carboxylic acids is 1. The number of carbonyl (C=O) groups is 1. The number of halogens is 3. The Morgan fingerprint density at radius 2 is 1.60 bits per heavy atom. The maximum Gasteiger partial charge on any atom is 0.416 e. The van der Waals surface area contributed by atoms with Gasteiger partial charge in [0.05, 0.1) is 23.4 Å². The molecule has 1 fully saturated rings. The van der Waals surface area contributed by atoms with Crippen molar-refractivity contribution in [3.8, 4) is 11.6 Å². The zero-order chi connectivity index (χ0) is 24.4. The van der Waals surface area contributed by atoms with Crippen molar-refractivity contribution in [2.75, 3.05) is 24.5 Å². The minimum absolute atomic E-state index is 0.206. The maximum absolute atomic E-state index is 13.1. The van der Waals surface area contributed by atoms with E-state index in [2.05, 4.69) is 4.90 Å². The second-order valence-electron chi connectivity index (χ2n) is 8.77. The number of alkyl halides is 3. The summed E-state index contributed by atoms with van der Waals surface area (Å²) in [4.78, 5) is 26.4. The molecule has 2 aromatic carbocycles. The SMILES string of the molecule is O=C(c1ccc(C(F)(F)F)cc1)N1CCc2nc(N3CCCCC3)nc(Oc3ccccc3)c2C1. The molecular weight excluding hydrogens is 457 g/mol. The number of amides is 1. The molecule has 0 unspecified atom stereocenters. The van der Waals surface area contributed by atoms with Crippen molar-refractivity contribution >= 4 is 11.9 Å². The van der Waals surface area contributed by atoms with Crippen LogP contribution in [0, 0.1) is 0 Å². The average molecular weight is 483 g/mol. The van der Waals surface area contributed by atoms with Gasteiger partial charge >= 0.3 is 6.18 Å². The number of aromatic nitrogens is 2. The van der Waals surface area contributed by atoms with Gasteiger partial charge in [-0.3, -0.25) is 4.79 Å². The molecule has 0 spiro atoms. The summed E-state index contributed by atoms with van der Waals surface area (Å²) in [6.07, 6.45) is -0.569. The van der Waals surface area contributed by atoms with Gasteiger partial charge in [0.15, 0.2) is 0 Å². The third-order valence-electron chi connectivity index (χ3n) is 6.35. The lowest BCUT2D eigenvalue weighted by molar-refractivity contribution is -0.137. The van der Waals surface area contributed by atoms with Crippen molar-refractivity contribution < 1.29 is 22.7 Å². The summed E-state index contributed by atoms with van der Waals surface area (Å²) in [5.41, 5.74) is 0.983. The molecule has 182 valence electrons. The molecule has 9 heteroatoms. The number of piperidine rings is 1. The number of nitrogens with zero attached hydrogens (tertiary/aromatic N) is 4. The lowest BCUT2D eigenvalue weighted by atomic mass is 10.0. The Morgan fingerprint density at radius 1 is 0.886 bits per heavy atom. The molecule has 6 nitrogen and oxygen atoms in total. The Kier molecular flexibility index (Phi) is 6.32. The highest BCUT2D eigenvalue weighted by Gasteiger charge is 2.32. The smallest absolute Gasteiger partial charge is 0.416 e. The van der Waals surface area contributed by atoms with E-state index in [4.69, 9.17) is 14.7 Å². The molecule has 1 amide bonds. The second kappa shape index (κ2) is 9.56. The van der Waals surface area contributed by atoms with E-state index < -0.39 is 11.7 Å². The summed E-state index contributed by atoms with van der Waals surface area (Å²) in [6, 6.07) is 13.6. The summed E-state index contributed by atoms with van der Waals surface area (Å²) in [5, 5.41) is 0. The van der Waals surface area contributed by atoms with E-state index in [1.807, 2.05) is 30.3 Å². The molecule has 0 atom stereocenters. The molecule has 0 aliphatic carbocycles. The molecule has 35 heavy (non-hydrogen) atoms. The van der Waals surface area contributed by atoms with Gasteiger partial charge < -0.3 is 14.5 Å². The molecule has 5 rings (SSSR count). The average Bonchev–Trinajstić information content (AvgIpc) is 2.88. The first kappa shape index (κ1) is 23.1. The fraction of sp³-hybridized carbons (Fsp3) is 0.346. The third-order valence-corrected chi connectivity index (χ3v) is 6.35. The molecular formula is C26H25F3N4O2. The van der Waals surface area contributed by atoms with Gasteiger partial charge in [-0.15, -0.1) is 0 Å². The molecule has 1 aromatic heterocycles. The van der Waals surface area contributed by atoms with Crippen LogP contribution >= 0.6 is 0 Å². The van der Waals surface area contributed by atoms with Crippen LogP contribution in [-0.4, -0.2) is 40.4 Å².